The fourth-order valence-electron chi connectivity index (χ4n) is 6.47. The minimum absolute atomic E-state index is 0.328. The molecule has 6 aliphatic carbocycles. The van der Waals surface area contributed by atoms with Crippen molar-refractivity contribution in [2.24, 2.45) is 41.4 Å². The quantitative estimate of drug-likeness (QED) is 0.677. The first-order chi connectivity index (χ1) is 6.67. The van der Waals surface area contributed by atoms with Gasteiger partial charge in [0.25, 0.3) is 0 Å². The third-order valence-corrected chi connectivity index (χ3v) is 8.84. The summed E-state index contributed by atoms with van der Waals surface area (Å²) in [5.41, 5.74) is -0.328. The molecule has 0 aliphatic heterocycles. The van der Waals surface area contributed by atoms with E-state index in [1.54, 1.807) is 0 Å². The Morgan fingerprint density at radius 1 is 1.00 bits per heavy atom. The van der Waals surface area contributed by atoms with Gasteiger partial charge in [-0.3, -0.25) is 0 Å². The average molecular weight is 320 g/mol. The van der Waals surface area contributed by atoms with Gasteiger partial charge in [0.05, 0.1) is 5.60 Å². The van der Waals surface area contributed by atoms with Crippen LogP contribution in [0.5, 0.6) is 0 Å². The van der Waals surface area contributed by atoms with Crippen LogP contribution in [0.2, 0.25) is 0 Å². The Balaban J connectivity index is 1.88. The maximum atomic E-state index is 10.9. The van der Waals surface area contributed by atoms with Crippen LogP contribution < -0.4 is 0 Å². The van der Waals surface area contributed by atoms with Crippen LogP contribution in [0, 0.1) is 41.4 Å². The van der Waals surface area contributed by atoms with Gasteiger partial charge in [-0.2, -0.15) is 0 Å². The summed E-state index contributed by atoms with van der Waals surface area (Å²) in [6, 6.07) is 0. The van der Waals surface area contributed by atoms with Gasteiger partial charge in [0.15, 0.2) is 0 Å². The highest BCUT2D eigenvalue weighted by atomic mass is 79.9. The van der Waals surface area contributed by atoms with E-state index in [4.69, 9.17) is 0 Å². The topological polar surface area (TPSA) is 20.2 Å². The molecular weight excluding hydrogens is 308 g/mol. The Morgan fingerprint density at radius 2 is 1.79 bits per heavy atom. The number of hydrogen-bond acceptors (Lipinski definition) is 1. The molecule has 76 valence electrons. The summed E-state index contributed by atoms with van der Waals surface area (Å²) in [5, 5.41) is 10.9. The molecule has 0 aromatic heterocycles. The molecule has 0 saturated heterocycles. The second kappa shape index (κ2) is 1.91. The van der Waals surface area contributed by atoms with Crippen LogP contribution in [-0.2, 0) is 0 Å². The fraction of sp³-hybridized carbons (Fsp3) is 1.00. The maximum Gasteiger partial charge on any atom is 0.0850 e. The number of halogens is 2. The number of hydrogen-bond donors (Lipinski definition) is 1. The van der Waals surface area contributed by atoms with E-state index in [0.717, 1.165) is 29.6 Å². The predicted molar refractivity (Wildman–Crippen MR) is 59.4 cm³/mol. The van der Waals surface area contributed by atoms with Crippen molar-refractivity contribution in [3.63, 3.8) is 0 Å². The van der Waals surface area contributed by atoms with Gasteiger partial charge in [0, 0.05) is 15.6 Å². The lowest BCUT2D eigenvalue weighted by Crippen LogP contribution is -2.45. The van der Waals surface area contributed by atoms with Crippen LogP contribution in [0.25, 0.3) is 0 Å². The van der Waals surface area contributed by atoms with Gasteiger partial charge >= 0.3 is 0 Å². The van der Waals surface area contributed by atoms with E-state index in [0.29, 0.717) is 21.5 Å². The van der Waals surface area contributed by atoms with E-state index >= 15 is 0 Å². The minimum atomic E-state index is -0.328. The summed E-state index contributed by atoms with van der Waals surface area (Å²) in [7, 11) is 0. The highest BCUT2D eigenvalue weighted by Crippen LogP contribution is 2.85. The Hall–Kier alpha value is 0.920. The molecule has 0 amide bonds. The molecule has 0 aromatic rings. The van der Waals surface area contributed by atoms with Gasteiger partial charge in [0.2, 0.25) is 0 Å². The molecule has 3 heteroatoms. The highest BCUT2D eigenvalue weighted by Gasteiger charge is 2.88. The first kappa shape index (κ1) is 8.08. The molecule has 0 aromatic carbocycles. The van der Waals surface area contributed by atoms with E-state index in [9.17, 15) is 5.11 Å². The lowest BCUT2D eigenvalue weighted by molar-refractivity contribution is -0.0511. The van der Waals surface area contributed by atoms with Crippen LogP contribution in [0.1, 0.15) is 6.42 Å². The van der Waals surface area contributed by atoms with Crippen LogP contribution >= 0.6 is 31.9 Å². The van der Waals surface area contributed by atoms with E-state index in [1.807, 2.05) is 0 Å². The second-order valence-electron chi connectivity index (χ2n) is 6.08. The van der Waals surface area contributed by atoms with Crippen molar-refractivity contribution in [1.82, 2.24) is 0 Å². The minimum Gasteiger partial charge on any atom is -0.388 e. The van der Waals surface area contributed by atoms with Gasteiger partial charge in [-0.1, -0.05) is 31.9 Å². The molecule has 6 aliphatic rings. The number of aliphatic hydroxyl groups is 1. The third kappa shape index (κ3) is 0.464. The lowest BCUT2D eigenvalue weighted by atomic mass is 9.69. The average Bonchev–Trinajstić information content (AvgIpc) is 2.81. The van der Waals surface area contributed by atoms with Gasteiger partial charge in [-0.05, 0) is 41.9 Å². The monoisotopic (exact) mass is 318 g/mol. The molecule has 14 heavy (non-hydrogen) atoms. The van der Waals surface area contributed by atoms with Gasteiger partial charge in [-0.15, -0.1) is 0 Å². The van der Waals surface area contributed by atoms with Crippen molar-refractivity contribution in [3.05, 3.63) is 0 Å². The van der Waals surface area contributed by atoms with Crippen molar-refractivity contribution in [1.29, 1.82) is 0 Å². The zero-order valence-electron chi connectivity index (χ0n) is 7.61. The Labute approximate surface area is 99.9 Å². The molecule has 6 bridgehead atoms. The Kier molecular flexibility index (Phi) is 1.10. The highest BCUT2D eigenvalue weighted by molar-refractivity contribution is 9.10. The first-order valence-electron chi connectivity index (χ1n) is 5.68. The Bertz CT molecular complexity index is 353. The van der Waals surface area contributed by atoms with E-state index in [1.165, 1.54) is 6.42 Å². The molecule has 1 nitrogen and oxygen atoms in total. The summed E-state index contributed by atoms with van der Waals surface area (Å²) in [5.74, 6) is 5.54. The summed E-state index contributed by atoms with van der Waals surface area (Å²) in [6.45, 7) is 0. The van der Waals surface area contributed by atoms with Gasteiger partial charge in [-0.25, -0.2) is 0 Å². The molecular formula is C11H12Br2O. The van der Waals surface area contributed by atoms with Crippen molar-refractivity contribution in [2.75, 3.05) is 0 Å². The molecule has 0 radical (unpaired) electrons. The van der Waals surface area contributed by atoms with E-state index in [-0.39, 0.29) is 5.60 Å². The molecule has 6 fully saturated rings. The summed E-state index contributed by atoms with van der Waals surface area (Å²) in [6.07, 6.45) is 1.42. The first-order valence-corrected chi connectivity index (χ1v) is 7.51. The van der Waals surface area contributed by atoms with Crippen molar-refractivity contribution >= 4 is 31.9 Å². The molecule has 6 saturated carbocycles. The maximum absolute atomic E-state index is 10.9. The van der Waals surface area contributed by atoms with Crippen molar-refractivity contribution < 1.29 is 5.11 Å². The summed E-state index contributed by atoms with van der Waals surface area (Å²) >= 11 is 7.67. The molecule has 6 rings (SSSR count). The predicted octanol–water partition coefficient (Wildman–Crippen LogP) is 2.02. The molecule has 10 unspecified atom stereocenters. The standard InChI is InChI=1S/C11H12Br2O/c12-9-6-2-1-3-5-4(2)8(9)11(14,7(3)6)10(5)13/h2-10,14H,1H2. The van der Waals surface area contributed by atoms with Gasteiger partial charge < -0.3 is 5.11 Å². The van der Waals surface area contributed by atoms with Crippen LogP contribution in [-0.4, -0.2) is 20.4 Å². The third-order valence-electron chi connectivity index (χ3n) is 6.32. The smallest absolute Gasteiger partial charge is 0.0850 e. The summed E-state index contributed by atoms with van der Waals surface area (Å²) in [4.78, 5) is 1.04. The largest absolute Gasteiger partial charge is 0.388 e. The second-order valence-corrected chi connectivity index (χ2v) is 8.12. The van der Waals surface area contributed by atoms with Crippen molar-refractivity contribution in [2.45, 2.75) is 21.7 Å². The molecule has 10 atom stereocenters. The fourth-order valence-corrected chi connectivity index (χ4v) is 9.32. The Morgan fingerprint density at radius 3 is 2.50 bits per heavy atom. The van der Waals surface area contributed by atoms with Crippen molar-refractivity contribution in [3.8, 4) is 0 Å². The number of alkyl halides is 2. The van der Waals surface area contributed by atoms with E-state index < -0.39 is 0 Å². The lowest BCUT2D eigenvalue weighted by Gasteiger charge is -2.38. The zero-order valence-corrected chi connectivity index (χ0v) is 10.8. The molecule has 0 heterocycles. The van der Waals surface area contributed by atoms with E-state index in [2.05, 4.69) is 31.9 Å². The summed E-state index contributed by atoms with van der Waals surface area (Å²) < 4.78 is 0. The zero-order chi connectivity index (χ0) is 9.40. The SMILES string of the molecule is OC12C(Br)C3C4CC5C3C1C(Br)C5C42. The molecule has 0 spiro atoms. The molecule has 1 N–H and O–H groups in total. The number of rotatable bonds is 0. The van der Waals surface area contributed by atoms with Crippen LogP contribution in [0.15, 0.2) is 0 Å². The van der Waals surface area contributed by atoms with Crippen LogP contribution in [0.4, 0.5) is 0 Å². The van der Waals surface area contributed by atoms with Gasteiger partial charge in [0.1, 0.15) is 0 Å². The normalized spacial score (nSPS) is 85.5. The van der Waals surface area contributed by atoms with Crippen LogP contribution in [0.3, 0.4) is 0 Å².